The number of halogens is 1. The highest BCUT2D eigenvalue weighted by Crippen LogP contribution is 2.25. The van der Waals surface area contributed by atoms with Gasteiger partial charge in [-0.2, -0.15) is 5.10 Å². The van der Waals surface area contributed by atoms with Gasteiger partial charge in [0.1, 0.15) is 10.7 Å². The molecule has 0 aliphatic heterocycles. The minimum absolute atomic E-state index is 0.168. The SMILES string of the molecule is O=C(Nc1cn[nH]c1)c1cc2c(Cl)nccc2o1. The summed E-state index contributed by atoms with van der Waals surface area (Å²) in [6, 6.07) is 3.20. The van der Waals surface area contributed by atoms with E-state index in [-0.39, 0.29) is 11.7 Å². The van der Waals surface area contributed by atoms with Gasteiger partial charge in [0.15, 0.2) is 5.76 Å². The fourth-order valence-corrected chi connectivity index (χ4v) is 1.76. The van der Waals surface area contributed by atoms with E-state index in [1.165, 1.54) is 12.4 Å². The van der Waals surface area contributed by atoms with Crippen LogP contribution >= 0.6 is 11.6 Å². The number of fused-ring (bicyclic) bond motifs is 1. The average Bonchev–Trinajstić information content (AvgIpc) is 2.97. The van der Waals surface area contributed by atoms with Crippen LogP contribution in [0.2, 0.25) is 5.15 Å². The van der Waals surface area contributed by atoms with Crippen molar-refractivity contribution in [1.82, 2.24) is 15.2 Å². The number of anilines is 1. The highest BCUT2D eigenvalue weighted by Gasteiger charge is 2.14. The molecule has 0 aromatic carbocycles. The summed E-state index contributed by atoms with van der Waals surface area (Å²) in [7, 11) is 0. The van der Waals surface area contributed by atoms with Gasteiger partial charge in [-0.25, -0.2) is 4.98 Å². The summed E-state index contributed by atoms with van der Waals surface area (Å²) >= 11 is 5.90. The lowest BCUT2D eigenvalue weighted by atomic mass is 10.3. The first-order valence-corrected chi connectivity index (χ1v) is 5.46. The third kappa shape index (κ3) is 1.82. The maximum atomic E-state index is 11.9. The molecule has 0 radical (unpaired) electrons. The Balaban J connectivity index is 1.94. The number of aromatic nitrogens is 3. The lowest BCUT2D eigenvalue weighted by Gasteiger charge is -1.97. The van der Waals surface area contributed by atoms with Crippen LogP contribution in [0.4, 0.5) is 5.69 Å². The van der Waals surface area contributed by atoms with E-state index in [9.17, 15) is 4.79 Å². The molecular weight excluding hydrogens is 256 g/mol. The summed E-state index contributed by atoms with van der Waals surface area (Å²) in [6.45, 7) is 0. The van der Waals surface area contributed by atoms with E-state index in [1.54, 1.807) is 18.3 Å². The Bertz CT molecular complexity index is 705. The number of nitrogens with one attached hydrogen (secondary N) is 2. The molecule has 0 spiro atoms. The summed E-state index contributed by atoms with van der Waals surface area (Å²) in [5.41, 5.74) is 1.08. The van der Waals surface area contributed by atoms with Crippen LogP contribution in [-0.4, -0.2) is 21.1 Å². The minimum atomic E-state index is -0.372. The van der Waals surface area contributed by atoms with E-state index in [1.807, 2.05) is 0 Å². The van der Waals surface area contributed by atoms with Gasteiger partial charge in [-0.3, -0.25) is 9.89 Å². The number of amides is 1. The van der Waals surface area contributed by atoms with Crippen LogP contribution in [0, 0.1) is 0 Å². The molecule has 6 nitrogen and oxygen atoms in total. The second kappa shape index (κ2) is 4.15. The molecule has 0 fully saturated rings. The van der Waals surface area contributed by atoms with Crippen LogP contribution in [0.3, 0.4) is 0 Å². The first-order chi connectivity index (χ1) is 8.74. The van der Waals surface area contributed by atoms with Crippen molar-refractivity contribution in [2.75, 3.05) is 5.32 Å². The molecule has 3 heterocycles. The number of carbonyl (C=O) groups is 1. The molecular formula is C11H7ClN4O2. The monoisotopic (exact) mass is 262 g/mol. The molecule has 3 rings (SSSR count). The van der Waals surface area contributed by atoms with E-state index in [0.29, 0.717) is 21.8 Å². The number of aromatic amines is 1. The Morgan fingerprint density at radius 1 is 1.50 bits per heavy atom. The van der Waals surface area contributed by atoms with Crippen LogP contribution in [0.15, 0.2) is 35.1 Å². The Labute approximate surface area is 106 Å². The third-order valence-corrected chi connectivity index (χ3v) is 2.68. The van der Waals surface area contributed by atoms with Crippen LogP contribution in [-0.2, 0) is 0 Å². The fourth-order valence-electron chi connectivity index (χ4n) is 1.55. The number of nitrogens with zero attached hydrogens (tertiary/aromatic N) is 2. The molecule has 0 bridgehead atoms. The molecule has 90 valence electrons. The Morgan fingerprint density at radius 3 is 3.11 bits per heavy atom. The smallest absolute Gasteiger partial charge is 0.291 e. The van der Waals surface area contributed by atoms with Crippen molar-refractivity contribution >= 4 is 34.2 Å². The summed E-state index contributed by atoms with van der Waals surface area (Å²) in [4.78, 5) is 15.8. The van der Waals surface area contributed by atoms with Gasteiger partial charge in [0.05, 0.1) is 17.3 Å². The zero-order chi connectivity index (χ0) is 12.5. The molecule has 2 N–H and O–H groups in total. The van der Waals surface area contributed by atoms with E-state index in [4.69, 9.17) is 16.0 Å². The summed E-state index contributed by atoms with van der Waals surface area (Å²) in [5.74, 6) is -0.204. The van der Waals surface area contributed by atoms with E-state index < -0.39 is 0 Å². The van der Waals surface area contributed by atoms with Crippen molar-refractivity contribution in [2.45, 2.75) is 0 Å². The number of H-pyrrole nitrogens is 1. The maximum Gasteiger partial charge on any atom is 0.291 e. The van der Waals surface area contributed by atoms with Crippen molar-refractivity contribution < 1.29 is 9.21 Å². The van der Waals surface area contributed by atoms with Crippen molar-refractivity contribution in [1.29, 1.82) is 0 Å². The highest BCUT2D eigenvalue weighted by molar-refractivity contribution is 6.34. The first kappa shape index (κ1) is 10.8. The lowest BCUT2D eigenvalue weighted by Crippen LogP contribution is -2.09. The summed E-state index contributed by atoms with van der Waals surface area (Å²) in [6.07, 6.45) is 4.58. The van der Waals surface area contributed by atoms with Gasteiger partial charge in [-0.1, -0.05) is 11.6 Å². The molecule has 0 unspecified atom stereocenters. The fraction of sp³-hybridized carbons (Fsp3) is 0. The molecule has 18 heavy (non-hydrogen) atoms. The Kier molecular flexibility index (Phi) is 2.49. The number of hydrogen-bond acceptors (Lipinski definition) is 4. The van der Waals surface area contributed by atoms with Crippen molar-refractivity contribution in [3.63, 3.8) is 0 Å². The van der Waals surface area contributed by atoms with Gasteiger partial charge in [-0.05, 0) is 6.07 Å². The topological polar surface area (TPSA) is 83.8 Å². The van der Waals surface area contributed by atoms with Crippen molar-refractivity contribution in [3.05, 3.63) is 41.6 Å². The molecule has 0 aliphatic rings. The molecule has 7 heteroatoms. The third-order valence-electron chi connectivity index (χ3n) is 2.38. The largest absolute Gasteiger partial charge is 0.451 e. The molecule has 1 amide bonds. The Hall–Kier alpha value is -2.34. The number of furan rings is 1. The molecule has 0 saturated heterocycles. The van der Waals surface area contributed by atoms with Crippen LogP contribution < -0.4 is 5.32 Å². The number of carbonyl (C=O) groups excluding carboxylic acids is 1. The van der Waals surface area contributed by atoms with Crippen LogP contribution in [0.1, 0.15) is 10.6 Å². The van der Waals surface area contributed by atoms with Crippen molar-refractivity contribution in [2.24, 2.45) is 0 Å². The zero-order valence-electron chi connectivity index (χ0n) is 8.98. The van der Waals surface area contributed by atoms with Crippen LogP contribution in [0.5, 0.6) is 0 Å². The standard InChI is InChI=1S/C11H7ClN4O2/c12-10-7-3-9(18-8(7)1-2-13-10)11(17)16-6-4-14-15-5-6/h1-5H,(H,14,15)(H,16,17). The number of pyridine rings is 1. The number of hydrogen-bond donors (Lipinski definition) is 2. The van der Waals surface area contributed by atoms with E-state index in [0.717, 1.165) is 0 Å². The molecule has 0 aliphatic carbocycles. The van der Waals surface area contributed by atoms with Crippen molar-refractivity contribution in [3.8, 4) is 0 Å². The summed E-state index contributed by atoms with van der Waals surface area (Å²) < 4.78 is 5.39. The molecule has 0 saturated carbocycles. The maximum absolute atomic E-state index is 11.9. The van der Waals surface area contributed by atoms with Gasteiger partial charge < -0.3 is 9.73 Å². The quantitative estimate of drug-likeness (QED) is 0.695. The summed E-state index contributed by atoms with van der Waals surface area (Å²) in [5, 5.41) is 9.86. The van der Waals surface area contributed by atoms with E-state index in [2.05, 4.69) is 20.5 Å². The van der Waals surface area contributed by atoms with Gasteiger partial charge in [-0.15, -0.1) is 0 Å². The minimum Gasteiger partial charge on any atom is -0.451 e. The van der Waals surface area contributed by atoms with Gasteiger partial charge in [0.25, 0.3) is 5.91 Å². The number of rotatable bonds is 2. The van der Waals surface area contributed by atoms with E-state index >= 15 is 0 Å². The highest BCUT2D eigenvalue weighted by atomic mass is 35.5. The van der Waals surface area contributed by atoms with Gasteiger partial charge >= 0.3 is 0 Å². The van der Waals surface area contributed by atoms with Gasteiger partial charge in [0.2, 0.25) is 0 Å². The Morgan fingerprint density at radius 2 is 2.39 bits per heavy atom. The first-order valence-electron chi connectivity index (χ1n) is 5.08. The molecule has 3 aromatic heterocycles. The molecule has 3 aromatic rings. The van der Waals surface area contributed by atoms with Gasteiger partial charge in [0, 0.05) is 18.5 Å². The lowest BCUT2D eigenvalue weighted by molar-refractivity contribution is 0.0998. The second-order valence-electron chi connectivity index (χ2n) is 3.57. The predicted molar refractivity (Wildman–Crippen MR) is 65.6 cm³/mol. The normalized spacial score (nSPS) is 10.7. The van der Waals surface area contributed by atoms with Crippen LogP contribution in [0.25, 0.3) is 11.0 Å². The molecule has 0 atom stereocenters. The predicted octanol–water partition coefficient (Wildman–Crippen LogP) is 2.46. The second-order valence-corrected chi connectivity index (χ2v) is 3.92. The zero-order valence-corrected chi connectivity index (χ0v) is 9.73. The average molecular weight is 263 g/mol.